The number of rotatable bonds is 4. The van der Waals surface area contributed by atoms with Gasteiger partial charge in [-0.2, -0.15) is 13.2 Å². The molecule has 0 radical (unpaired) electrons. The van der Waals surface area contributed by atoms with Gasteiger partial charge in [0.1, 0.15) is 5.71 Å². The average Bonchev–Trinajstić information content (AvgIpc) is 2.66. The standard InChI is InChI=1S/C19H20F3N5/c1-26-14-6-7-15-16(12(14)8-23)10-4-2-3-5-11(10)17(27-15)13(9-24)18(25)19(20,21)22/h6-9,23,25-26H,2-5,24H2,1H3/b13-9-,23-8?,25-18?. The third kappa shape index (κ3) is 3.15. The molecule has 27 heavy (non-hydrogen) atoms. The maximum atomic E-state index is 13.1. The number of aryl methyl sites for hydroxylation is 1. The molecule has 0 unspecified atom stereocenters. The predicted octanol–water partition coefficient (Wildman–Crippen LogP) is 4.03. The molecule has 8 heteroatoms. The smallest absolute Gasteiger partial charge is 0.404 e. The first-order chi connectivity index (χ1) is 12.8. The van der Waals surface area contributed by atoms with Gasteiger partial charge < -0.3 is 16.5 Å². The Hall–Kier alpha value is -2.90. The fraction of sp³-hybridized carbons (Fsp3) is 0.316. The Kier molecular flexibility index (Phi) is 4.91. The molecule has 0 aliphatic heterocycles. The molecule has 0 spiro atoms. The Morgan fingerprint density at radius 2 is 1.89 bits per heavy atom. The van der Waals surface area contributed by atoms with Gasteiger partial charge in [0.2, 0.25) is 0 Å². The maximum Gasteiger partial charge on any atom is 0.433 e. The first kappa shape index (κ1) is 18.9. The maximum absolute atomic E-state index is 13.1. The molecule has 5 nitrogen and oxygen atoms in total. The highest BCUT2D eigenvalue weighted by Crippen LogP contribution is 2.38. The highest BCUT2D eigenvalue weighted by atomic mass is 19.4. The van der Waals surface area contributed by atoms with Crippen LogP contribution in [0.15, 0.2) is 18.3 Å². The Balaban J connectivity index is 2.37. The molecule has 0 bridgehead atoms. The second kappa shape index (κ2) is 7.02. The normalized spacial score (nSPS) is 14.7. The van der Waals surface area contributed by atoms with E-state index in [-0.39, 0.29) is 5.69 Å². The first-order valence-corrected chi connectivity index (χ1v) is 8.58. The lowest BCUT2D eigenvalue weighted by Gasteiger charge is -2.24. The summed E-state index contributed by atoms with van der Waals surface area (Å²) in [5, 5.41) is 19.2. The summed E-state index contributed by atoms with van der Waals surface area (Å²) in [6.07, 6.45) is 0.241. The number of halogens is 3. The highest BCUT2D eigenvalue weighted by molar-refractivity contribution is 6.25. The number of allylic oxidation sites excluding steroid dienone is 1. The van der Waals surface area contributed by atoms with E-state index in [1.54, 1.807) is 19.2 Å². The summed E-state index contributed by atoms with van der Waals surface area (Å²) >= 11 is 0. The van der Waals surface area contributed by atoms with Gasteiger partial charge in [0.05, 0.1) is 11.2 Å². The quantitative estimate of drug-likeness (QED) is 0.607. The molecule has 0 saturated heterocycles. The lowest BCUT2D eigenvalue weighted by molar-refractivity contribution is -0.0578. The zero-order valence-corrected chi connectivity index (χ0v) is 14.8. The van der Waals surface area contributed by atoms with Crippen molar-refractivity contribution in [2.75, 3.05) is 12.4 Å². The number of pyridine rings is 1. The van der Waals surface area contributed by atoms with Crippen molar-refractivity contribution in [2.45, 2.75) is 31.9 Å². The van der Waals surface area contributed by atoms with Crippen LogP contribution in [0, 0.1) is 10.8 Å². The van der Waals surface area contributed by atoms with Gasteiger partial charge in [-0.1, -0.05) is 0 Å². The third-order valence-electron chi connectivity index (χ3n) is 4.90. The molecule has 142 valence electrons. The molecule has 1 aliphatic rings. The highest BCUT2D eigenvalue weighted by Gasteiger charge is 2.38. The van der Waals surface area contributed by atoms with Gasteiger partial charge in [-0.05, 0) is 48.9 Å². The van der Waals surface area contributed by atoms with E-state index in [0.29, 0.717) is 29.5 Å². The van der Waals surface area contributed by atoms with Crippen LogP contribution >= 0.6 is 0 Å². The summed E-state index contributed by atoms with van der Waals surface area (Å²) in [5.41, 5.74) is 7.22. The molecule has 1 aromatic heterocycles. The van der Waals surface area contributed by atoms with E-state index in [0.717, 1.165) is 35.7 Å². The minimum atomic E-state index is -4.81. The van der Waals surface area contributed by atoms with Crippen LogP contribution in [0.2, 0.25) is 0 Å². The molecule has 0 fully saturated rings. The summed E-state index contributed by atoms with van der Waals surface area (Å²) in [6, 6.07) is 3.47. The van der Waals surface area contributed by atoms with Crippen molar-refractivity contribution >= 4 is 34.1 Å². The van der Waals surface area contributed by atoms with Crippen LogP contribution in [-0.2, 0) is 12.8 Å². The molecule has 2 aromatic rings. The SMILES string of the molecule is CNc1ccc2nc(/C(=C/N)C(=N)C(F)(F)F)c3c(c2c1C=N)CCCC3. The van der Waals surface area contributed by atoms with E-state index in [2.05, 4.69) is 10.3 Å². The Bertz CT molecular complexity index is 960. The first-order valence-electron chi connectivity index (χ1n) is 8.58. The topological polar surface area (TPSA) is 98.6 Å². The molecule has 0 amide bonds. The van der Waals surface area contributed by atoms with E-state index in [1.807, 2.05) is 0 Å². The molecule has 1 aromatic carbocycles. The van der Waals surface area contributed by atoms with E-state index >= 15 is 0 Å². The molecular formula is C19H20F3N5. The van der Waals surface area contributed by atoms with Gasteiger partial charge in [0, 0.05) is 41.7 Å². The number of anilines is 1. The molecule has 1 heterocycles. The summed E-state index contributed by atoms with van der Waals surface area (Å²) in [7, 11) is 1.75. The summed E-state index contributed by atoms with van der Waals surface area (Å²) in [6.45, 7) is 0. The van der Waals surface area contributed by atoms with Crippen LogP contribution in [-0.4, -0.2) is 30.1 Å². The third-order valence-corrected chi connectivity index (χ3v) is 4.90. The van der Waals surface area contributed by atoms with Crippen molar-refractivity contribution < 1.29 is 13.2 Å². The number of fused-ring (bicyclic) bond motifs is 3. The van der Waals surface area contributed by atoms with Crippen molar-refractivity contribution in [3.05, 3.63) is 40.7 Å². The molecular weight excluding hydrogens is 355 g/mol. The average molecular weight is 375 g/mol. The van der Waals surface area contributed by atoms with Crippen molar-refractivity contribution in [1.82, 2.24) is 4.98 Å². The molecule has 0 atom stereocenters. The van der Waals surface area contributed by atoms with Gasteiger partial charge >= 0.3 is 6.18 Å². The van der Waals surface area contributed by atoms with Gasteiger partial charge in [0.15, 0.2) is 0 Å². The van der Waals surface area contributed by atoms with Crippen LogP contribution in [0.5, 0.6) is 0 Å². The fourth-order valence-electron chi connectivity index (χ4n) is 3.67. The zero-order valence-electron chi connectivity index (χ0n) is 14.8. The Morgan fingerprint density at radius 3 is 2.44 bits per heavy atom. The van der Waals surface area contributed by atoms with Crippen LogP contribution in [0.25, 0.3) is 16.5 Å². The Morgan fingerprint density at radius 1 is 1.22 bits per heavy atom. The van der Waals surface area contributed by atoms with Crippen LogP contribution < -0.4 is 11.1 Å². The van der Waals surface area contributed by atoms with E-state index < -0.39 is 17.5 Å². The van der Waals surface area contributed by atoms with E-state index in [9.17, 15) is 13.2 Å². The lowest BCUT2D eigenvalue weighted by Crippen LogP contribution is -2.25. The molecule has 3 rings (SSSR count). The van der Waals surface area contributed by atoms with Crippen LogP contribution in [0.1, 0.15) is 35.2 Å². The van der Waals surface area contributed by atoms with Crippen LogP contribution in [0.4, 0.5) is 18.9 Å². The van der Waals surface area contributed by atoms with E-state index in [1.165, 1.54) is 6.21 Å². The van der Waals surface area contributed by atoms with Gasteiger partial charge in [-0.3, -0.25) is 5.41 Å². The molecule has 5 N–H and O–H groups in total. The number of alkyl halides is 3. The lowest BCUT2D eigenvalue weighted by atomic mass is 9.84. The number of hydrogen-bond acceptors (Lipinski definition) is 5. The van der Waals surface area contributed by atoms with Crippen molar-refractivity contribution in [1.29, 1.82) is 10.8 Å². The second-order valence-electron chi connectivity index (χ2n) is 6.39. The largest absolute Gasteiger partial charge is 0.433 e. The predicted molar refractivity (Wildman–Crippen MR) is 102 cm³/mol. The minimum Gasteiger partial charge on any atom is -0.404 e. The summed E-state index contributed by atoms with van der Waals surface area (Å²) < 4.78 is 39.4. The Labute approximate surface area is 154 Å². The van der Waals surface area contributed by atoms with E-state index in [4.69, 9.17) is 16.6 Å². The number of aromatic nitrogens is 1. The number of nitrogens with zero attached hydrogens (tertiary/aromatic N) is 1. The van der Waals surface area contributed by atoms with Gasteiger partial charge in [-0.15, -0.1) is 0 Å². The van der Waals surface area contributed by atoms with Gasteiger partial charge in [0.25, 0.3) is 0 Å². The monoisotopic (exact) mass is 375 g/mol. The molecule has 1 aliphatic carbocycles. The second-order valence-corrected chi connectivity index (χ2v) is 6.39. The number of benzene rings is 1. The summed E-state index contributed by atoms with van der Waals surface area (Å²) in [4.78, 5) is 4.46. The van der Waals surface area contributed by atoms with Gasteiger partial charge in [-0.25, -0.2) is 4.98 Å². The van der Waals surface area contributed by atoms with Crippen molar-refractivity contribution in [3.63, 3.8) is 0 Å². The molecule has 0 saturated carbocycles. The zero-order chi connectivity index (χ0) is 19.8. The minimum absolute atomic E-state index is 0.121. The fourth-order valence-corrected chi connectivity index (χ4v) is 3.67. The van der Waals surface area contributed by atoms with Crippen LogP contribution in [0.3, 0.4) is 0 Å². The summed E-state index contributed by atoms with van der Waals surface area (Å²) in [5.74, 6) is 0. The number of hydrogen-bond donors (Lipinski definition) is 4. The van der Waals surface area contributed by atoms with Crippen molar-refractivity contribution in [2.24, 2.45) is 5.73 Å². The number of nitrogens with one attached hydrogen (secondary N) is 3. The number of nitrogens with two attached hydrogens (primary N) is 1. The van der Waals surface area contributed by atoms with Crippen molar-refractivity contribution in [3.8, 4) is 0 Å².